The number of fused-ring (bicyclic) bond motifs is 1. The van der Waals surface area contributed by atoms with Crippen LogP contribution >= 0.6 is 0 Å². The summed E-state index contributed by atoms with van der Waals surface area (Å²) in [6.07, 6.45) is 1.91. The second kappa shape index (κ2) is 2.71. The highest BCUT2D eigenvalue weighted by atomic mass is 16.5. The van der Waals surface area contributed by atoms with E-state index in [2.05, 4.69) is 13.8 Å². The summed E-state index contributed by atoms with van der Waals surface area (Å²) in [6.45, 7) is 5.98. The van der Waals surface area contributed by atoms with E-state index >= 15 is 0 Å². The number of aliphatic hydroxyl groups is 1. The molecule has 2 rings (SSSR count). The van der Waals surface area contributed by atoms with Crippen LogP contribution in [0.25, 0.3) is 0 Å². The molecule has 12 heavy (non-hydrogen) atoms. The van der Waals surface area contributed by atoms with Crippen LogP contribution in [0.5, 0.6) is 0 Å². The molecule has 1 aliphatic carbocycles. The van der Waals surface area contributed by atoms with Crippen LogP contribution in [0, 0.1) is 17.8 Å². The highest BCUT2D eigenvalue weighted by Crippen LogP contribution is 2.46. The minimum atomic E-state index is -0.390. The first-order valence-electron chi connectivity index (χ1n) is 4.92. The van der Waals surface area contributed by atoms with E-state index in [0.717, 1.165) is 26.1 Å². The molecular formula is C10H18O2. The molecule has 0 radical (unpaired) electrons. The SMILES string of the molecule is CC(C)C1(O)C[C@@H]2COC[C@H]2C1. The smallest absolute Gasteiger partial charge is 0.0677 e. The van der Waals surface area contributed by atoms with Crippen molar-refractivity contribution in [3.05, 3.63) is 0 Å². The van der Waals surface area contributed by atoms with Gasteiger partial charge in [0.05, 0.1) is 5.60 Å². The van der Waals surface area contributed by atoms with Gasteiger partial charge >= 0.3 is 0 Å². The molecule has 1 N–H and O–H groups in total. The van der Waals surface area contributed by atoms with Crippen molar-refractivity contribution < 1.29 is 9.84 Å². The van der Waals surface area contributed by atoms with E-state index in [1.807, 2.05) is 0 Å². The van der Waals surface area contributed by atoms with Crippen LogP contribution in [-0.4, -0.2) is 23.9 Å². The predicted octanol–water partition coefficient (Wildman–Crippen LogP) is 1.43. The van der Waals surface area contributed by atoms with Crippen LogP contribution in [0.3, 0.4) is 0 Å². The van der Waals surface area contributed by atoms with Gasteiger partial charge in [0.2, 0.25) is 0 Å². The molecule has 70 valence electrons. The molecule has 2 nitrogen and oxygen atoms in total. The molecule has 0 unspecified atom stereocenters. The fourth-order valence-corrected chi connectivity index (χ4v) is 2.56. The second-order valence-corrected chi connectivity index (χ2v) is 4.72. The lowest BCUT2D eigenvalue weighted by Gasteiger charge is -2.28. The van der Waals surface area contributed by atoms with Gasteiger partial charge in [-0.15, -0.1) is 0 Å². The highest BCUT2D eigenvalue weighted by Gasteiger charge is 2.47. The number of hydrogen-bond donors (Lipinski definition) is 1. The van der Waals surface area contributed by atoms with E-state index in [1.165, 1.54) is 0 Å². The minimum Gasteiger partial charge on any atom is -0.390 e. The van der Waals surface area contributed by atoms with Gasteiger partial charge in [-0.2, -0.15) is 0 Å². The summed E-state index contributed by atoms with van der Waals surface area (Å²) >= 11 is 0. The lowest BCUT2D eigenvalue weighted by atomic mass is 9.87. The van der Waals surface area contributed by atoms with Crippen molar-refractivity contribution in [3.8, 4) is 0 Å². The Morgan fingerprint density at radius 3 is 2.17 bits per heavy atom. The number of rotatable bonds is 1. The molecule has 1 heterocycles. The molecule has 1 aliphatic heterocycles. The lowest BCUT2D eigenvalue weighted by molar-refractivity contribution is -0.0147. The fourth-order valence-electron chi connectivity index (χ4n) is 2.56. The number of hydrogen-bond acceptors (Lipinski definition) is 2. The van der Waals surface area contributed by atoms with Crippen molar-refractivity contribution in [3.63, 3.8) is 0 Å². The standard InChI is InChI=1S/C10H18O2/c1-7(2)10(11)3-8-5-12-6-9(8)4-10/h7-9,11H,3-6H2,1-2H3/t8-,9-/m1/s1. The third-order valence-electron chi connectivity index (χ3n) is 3.64. The maximum atomic E-state index is 10.2. The molecule has 2 fully saturated rings. The fraction of sp³-hybridized carbons (Fsp3) is 1.00. The Balaban J connectivity index is 2.06. The Morgan fingerprint density at radius 1 is 1.25 bits per heavy atom. The average molecular weight is 170 g/mol. The molecule has 0 spiro atoms. The Morgan fingerprint density at radius 2 is 1.75 bits per heavy atom. The van der Waals surface area contributed by atoms with Crippen LogP contribution in [0.1, 0.15) is 26.7 Å². The molecule has 0 aromatic heterocycles. The van der Waals surface area contributed by atoms with E-state index in [0.29, 0.717) is 17.8 Å². The van der Waals surface area contributed by atoms with Gasteiger partial charge < -0.3 is 9.84 Å². The Bertz CT molecular complexity index is 165. The van der Waals surface area contributed by atoms with E-state index in [9.17, 15) is 5.11 Å². The summed E-state index contributed by atoms with van der Waals surface area (Å²) < 4.78 is 5.37. The van der Waals surface area contributed by atoms with Gasteiger partial charge in [-0.25, -0.2) is 0 Å². The Hall–Kier alpha value is -0.0800. The molecule has 1 saturated carbocycles. The molecule has 1 saturated heterocycles. The first-order valence-corrected chi connectivity index (χ1v) is 4.92. The molecule has 2 aliphatic rings. The van der Waals surface area contributed by atoms with Gasteiger partial charge in [-0.3, -0.25) is 0 Å². The van der Waals surface area contributed by atoms with Crippen LogP contribution < -0.4 is 0 Å². The van der Waals surface area contributed by atoms with Crippen LogP contribution in [0.2, 0.25) is 0 Å². The third-order valence-corrected chi connectivity index (χ3v) is 3.64. The molecule has 0 aromatic carbocycles. The van der Waals surface area contributed by atoms with Gasteiger partial charge in [0.15, 0.2) is 0 Å². The Labute approximate surface area is 73.9 Å². The molecular weight excluding hydrogens is 152 g/mol. The Kier molecular flexibility index (Phi) is 1.92. The molecule has 2 heteroatoms. The summed E-state index contributed by atoms with van der Waals surface area (Å²) in [5, 5.41) is 10.2. The highest BCUT2D eigenvalue weighted by molar-refractivity contribution is 4.98. The van der Waals surface area contributed by atoms with Gasteiger partial charge in [-0.1, -0.05) is 13.8 Å². The van der Waals surface area contributed by atoms with Crippen LogP contribution in [0.15, 0.2) is 0 Å². The van der Waals surface area contributed by atoms with Crippen molar-refractivity contribution in [1.82, 2.24) is 0 Å². The van der Waals surface area contributed by atoms with Gasteiger partial charge in [-0.05, 0) is 30.6 Å². The van der Waals surface area contributed by atoms with Crippen molar-refractivity contribution >= 4 is 0 Å². The maximum absolute atomic E-state index is 10.2. The molecule has 0 amide bonds. The first kappa shape index (κ1) is 8.52. The van der Waals surface area contributed by atoms with Gasteiger partial charge in [0.25, 0.3) is 0 Å². The zero-order valence-corrected chi connectivity index (χ0v) is 7.92. The molecule has 0 aromatic rings. The zero-order valence-electron chi connectivity index (χ0n) is 7.92. The largest absolute Gasteiger partial charge is 0.390 e. The normalized spacial score (nSPS) is 39.0. The topological polar surface area (TPSA) is 29.5 Å². The van der Waals surface area contributed by atoms with Crippen molar-refractivity contribution in [2.75, 3.05) is 13.2 Å². The summed E-state index contributed by atoms with van der Waals surface area (Å²) in [6, 6.07) is 0. The van der Waals surface area contributed by atoms with E-state index < -0.39 is 0 Å². The maximum Gasteiger partial charge on any atom is 0.0677 e. The van der Waals surface area contributed by atoms with Gasteiger partial charge in [0.1, 0.15) is 0 Å². The third kappa shape index (κ3) is 1.17. The van der Waals surface area contributed by atoms with E-state index in [4.69, 9.17) is 4.74 Å². The van der Waals surface area contributed by atoms with Crippen LogP contribution in [-0.2, 0) is 4.74 Å². The predicted molar refractivity (Wildman–Crippen MR) is 46.8 cm³/mol. The molecule has 0 bridgehead atoms. The summed E-state index contributed by atoms with van der Waals surface area (Å²) in [7, 11) is 0. The molecule has 2 atom stereocenters. The monoisotopic (exact) mass is 170 g/mol. The quantitative estimate of drug-likeness (QED) is 0.645. The van der Waals surface area contributed by atoms with E-state index in [1.54, 1.807) is 0 Å². The van der Waals surface area contributed by atoms with Gasteiger partial charge in [0, 0.05) is 13.2 Å². The number of ether oxygens (including phenoxy) is 1. The van der Waals surface area contributed by atoms with Crippen LogP contribution in [0.4, 0.5) is 0 Å². The lowest BCUT2D eigenvalue weighted by Crippen LogP contribution is -2.32. The first-order chi connectivity index (χ1) is 5.62. The van der Waals surface area contributed by atoms with Crippen molar-refractivity contribution in [1.29, 1.82) is 0 Å². The second-order valence-electron chi connectivity index (χ2n) is 4.72. The minimum absolute atomic E-state index is 0.390. The van der Waals surface area contributed by atoms with E-state index in [-0.39, 0.29) is 5.60 Å². The van der Waals surface area contributed by atoms with Crippen molar-refractivity contribution in [2.24, 2.45) is 17.8 Å². The zero-order chi connectivity index (χ0) is 8.77. The summed E-state index contributed by atoms with van der Waals surface area (Å²) in [5.74, 6) is 1.66. The summed E-state index contributed by atoms with van der Waals surface area (Å²) in [5.41, 5.74) is -0.390. The van der Waals surface area contributed by atoms with Crippen molar-refractivity contribution in [2.45, 2.75) is 32.3 Å². The summed E-state index contributed by atoms with van der Waals surface area (Å²) in [4.78, 5) is 0. The average Bonchev–Trinajstić information content (AvgIpc) is 2.44.